The van der Waals surface area contributed by atoms with Gasteiger partial charge in [0, 0.05) is 16.8 Å². The van der Waals surface area contributed by atoms with Crippen molar-refractivity contribution in [3.63, 3.8) is 0 Å². The number of benzene rings is 7. The fourth-order valence-electron chi connectivity index (χ4n) is 5.55. The van der Waals surface area contributed by atoms with Gasteiger partial charge in [0.05, 0.1) is 5.69 Å². The molecule has 0 spiro atoms. The minimum Gasteiger partial charge on any atom is -0.310 e. The van der Waals surface area contributed by atoms with Gasteiger partial charge >= 0.3 is 0 Å². The molecule has 0 bridgehead atoms. The standard InChI is InChI=1S/C39H29N/c1-28-13-15-30(16-14-28)31-17-19-32(20-18-31)33-21-24-36(25-22-33)40(37-26-23-29-7-2-3-9-35(29)27-37)39-12-6-10-34-8-4-5-11-38(34)39/h2-27H,1H3. The molecular formula is C39H29N. The van der Waals surface area contributed by atoms with Gasteiger partial charge in [0.15, 0.2) is 0 Å². The maximum Gasteiger partial charge on any atom is 0.0540 e. The maximum absolute atomic E-state index is 2.37. The summed E-state index contributed by atoms with van der Waals surface area (Å²) in [6.07, 6.45) is 0. The van der Waals surface area contributed by atoms with Crippen molar-refractivity contribution in [3.8, 4) is 22.3 Å². The molecule has 7 rings (SSSR count). The van der Waals surface area contributed by atoms with Crippen molar-refractivity contribution in [3.05, 3.63) is 163 Å². The van der Waals surface area contributed by atoms with Crippen LogP contribution in [0.3, 0.4) is 0 Å². The number of nitrogens with zero attached hydrogens (tertiary/aromatic N) is 1. The third kappa shape index (κ3) is 4.52. The Hall–Kier alpha value is -5.14. The highest BCUT2D eigenvalue weighted by atomic mass is 15.1. The van der Waals surface area contributed by atoms with Gasteiger partial charge in [-0.05, 0) is 75.7 Å². The lowest BCUT2D eigenvalue weighted by molar-refractivity contribution is 1.30. The number of fused-ring (bicyclic) bond motifs is 2. The first kappa shape index (κ1) is 23.9. The van der Waals surface area contributed by atoms with E-state index in [-0.39, 0.29) is 0 Å². The van der Waals surface area contributed by atoms with Gasteiger partial charge in [0.25, 0.3) is 0 Å². The zero-order valence-electron chi connectivity index (χ0n) is 22.5. The van der Waals surface area contributed by atoms with Crippen LogP contribution in [-0.2, 0) is 0 Å². The molecule has 7 aromatic rings. The van der Waals surface area contributed by atoms with Crippen LogP contribution in [0, 0.1) is 6.92 Å². The molecule has 1 heteroatoms. The first-order valence-corrected chi connectivity index (χ1v) is 13.8. The van der Waals surface area contributed by atoms with Crippen LogP contribution >= 0.6 is 0 Å². The summed E-state index contributed by atoms with van der Waals surface area (Å²) in [5.41, 5.74) is 9.62. The topological polar surface area (TPSA) is 3.24 Å². The van der Waals surface area contributed by atoms with E-state index < -0.39 is 0 Å². The monoisotopic (exact) mass is 511 g/mol. The molecule has 0 heterocycles. The van der Waals surface area contributed by atoms with Crippen LogP contribution in [-0.4, -0.2) is 0 Å². The highest BCUT2D eigenvalue weighted by molar-refractivity contribution is 6.00. The van der Waals surface area contributed by atoms with Crippen LogP contribution < -0.4 is 4.90 Å². The van der Waals surface area contributed by atoms with E-state index in [1.807, 2.05) is 0 Å². The van der Waals surface area contributed by atoms with Crippen molar-refractivity contribution < 1.29 is 0 Å². The Bertz CT molecular complexity index is 1930. The molecule has 1 nitrogen and oxygen atoms in total. The molecule has 0 amide bonds. The molecule has 0 aromatic heterocycles. The van der Waals surface area contributed by atoms with Crippen molar-refractivity contribution in [1.29, 1.82) is 0 Å². The smallest absolute Gasteiger partial charge is 0.0540 e. The molecule has 190 valence electrons. The molecule has 40 heavy (non-hydrogen) atoms. The van der Waals surface area contributed by atoms with E-state index in [4.69, 9.17) is 0 Å². The third-order valence-corrected chi connectivity index (χ3v) is 7.73. The van der Waals surface area contributed by atoms with E-state index in [0.717, 1.165) is 11.4 Å². The maximum atomic E-state index is 2.37. The zero-order chi connectivity index (χ0) is 26.9. The predicted octanol–water partition coefficient (Wildman–Crippen LogP) is 11.1. The first-order chi connectivity index (χ1) is 19.7. The normalized spacial score (nSPS) is 11.1. The van der Waals surface area contributed by atoms with Gasteiger partial charge in [-0.1, -0.05) is 133 Å². The van der Waals surface area contributed by atoms with Crippen molar-refractivity contribution in [1.82, 2.24) is 0 Å². The van der Waals surface area contributed by atoms with E-state index in [1.54, 1.807) is 0 Å². The van der Waals surface area contributed by atoms with Crippen molar-refractivity contribution in [2.24, 2.45) is 0 Å². The Balaban J connectivity index is 1.29. The molecule has 0 fully saturated rings. The first-order valence-electron chi connectivity index (χ1n) is 13.8. The van der Waals surface area contributed by atoms with Crippen molar-refractivity contribution in [2.45, 2.75) is 6.92 Å². The SMILES string of the molecule is Cc1ccc(-c2ccc(-c3ccc(N(c4ccc5ccccc5c4)c4cccc5ccccc45)cc3)cc2)cc1. The molecule has 0 unspecified atom stereocenters. The van der Waals surface area contributed by atoms with Crippen molar-refractivity contribution in [2.75, 3.05) is 4.90 Å². The molecule has 0 saturated carbocycles. The van der Waals surface area contributed by atoms with Crippen LogP contribution in [0.2, 0.25) is 0 Å². The fraction of sp³-hybridized carbons (Fsp3) is 0.0256. The zero-order valence-corrected chi connectivity index (χ0v) is 22.5. The number of aryl methyl sites for hydroxylation is 1. The molecule has 0 aliphatic carbocycles. The molecule has 0 saturated heterocycles. The van der Waals surface area contributed by atoms with E-state index in [0.29, 0.717) is 0 Å². The van der Waals surface area contributed by atoms with Gasteiger partial charge in [0.1, 0.15) is 0 Å². The predicted molar refractivity (Wildman–Crippen MR) is 172 cm³/mol. The fourth-order valence-corrected chi connectivity index (χ4v) is 5.55. The summed E-state index contributed by atoms with van der Waals surface area (Å²) in [6.45, 7) is 2.12. The summed E-state index contributed by atoms with van der Waals surface area (Å²) in [4.78, 5) is 2.37. The lowest BCUT2D eigenvalue weighted by Crippen LogP contribution is -2.10. The second kappa shape index (κ2) is 10.2. The highest BCUT2D eigenvalue weighted by Gasteiger charge is 2.16. The van der Waals surface area contributed by atoms with Gasteiger partial charge in [-0.3, -0.25) is 0 Å². The van der Waals surface area contributed by atoms with E-state index >= 15 is 0 Å². The summed E-state index contributed by atoms with van der Waals surface area (Å²) >= 11 is 0. The van der Waals surface area contributed by atoms with E-state index in [2.05, 4.69) is 170 Å². The van der Waals surface area contributed by atoms with Crippen LogP contribution in [0.4, 0.5) is 17.1 Å². The highest BCUT2D eigenvalue weighted by Crippen LogP contribution is 2.40. The Kier molecular flexibility index (Phi) is 6.11. The molecular weight excluding hydrogens is 482 g/mol. The average molecular weight is 512 g/mol. The van der Waals surface area contributed by atoms with E-state index in [1.165, 1.54) is 55.0 Å². The summed E-state index contributed by atoms with van der Waals surface area (Å²) in [5.74, 6) is 0. The Morgan fingerprint density at radius 1 is 0.375 bits per heavy atom. The lowest BCUT2D eigenvalue weighted by atomic mass is 9.99. The van der Waals surface area contributed by atoms with Crippen LogP contribution in [0.1, 0.15) is 5.56 Å². The lowest BCUT2D eigenvalue weighted by Gasteiger charge is -2.27. The molecule has 0 N–H and O–H groups in total. The minimum absolute atomic E-state index is 1.13. The van der Waals surface area contributed by atoms with Gasteiger partial charge in [-0.2, -0.15) is 0 Å². The number of hydrogen-bond donors (Lipinski definition) is 0. The number of anilines is 3. The molecule has 0 aliphatic heterocycles. The Labute approximate surface area is 235 Å². The minimum atomic E-state index is 1.13. The van der Waals surface area contributed by atoms with Gasteiger partial charge in [-0.15, -0.1) is 0 Å². The summed E-state index contributed by atoms with van der Waals surface area (Å²) in [7, 11) is 0. The molecule has 7 aromatic carbocycles. The third-order valence-electron chi connectivity index (χ3n) is 7.73. The molecule has 0 radical (unpaired) electrons. The second-order valence-electron chi connectivity index (χ2n) is 10.4. The van der Waals surface area contributed by atoms with E-state index in [9.17, 15) is 0 Å². The van der Waals surface area contributed by atoms with Gasteiger partial charge in [-0.25, -0.2) is 0 Å². The number of hydrogen-bond acceptors (Lipinski definition) is 1. The Morgan fingerprint density at radius 2 is 0.875 bits per heavy atom. The van der Waals surface area contributed by atoms with Gasteiger partial charge < -0.3 is 4.90 Å². The quantitative estimate of drug-likeness (QED) is 0.222. The summed E-state index contributed by atoms with van der Waals surface area (Å²) < 4.78 is 0. The molecule has 0 atom stereocenters. The number of rotatable bonds is 5. The summed E-state index contributed by atoms with van der Waals surface area (Å²) in [6, 6.07) is 56.9. The van der Waals surface area contributed by atoms with Crippen molar-refractivity contribution >= 4 is 38.6 Å². The molecule has 0 aliphatic rings. The van der Waals surface area contributed by atoms with Crippen LogP contribution in [0.5, 0.6) is 0 Å². The average Bonchev–Trinajstić information content (AvgIpc) is 3.02. The Morgan fingerprint density at radius 3 is 1.55 bits per heavy atom. The summed E-state index contributed by atoms with van der Waals surface area (Å²) in [5, 5.41) is 4.94. The second-order valence-corrected chi connectivity index (χ2v) is 10.4. The largest absolute Gasteiger partial charge is 0.310 e. The van der Waals surface area contributed by atoms with Crippen LogP contribution in [0.15, 0.2) is 158 Å². The van der Waals surface area contributed by atoms with Crippen LogP contribution in [0.25, 0.3) is 43.8 Å². The van der Waals surface area contributed by atoms with Gasteiger partial charge in [0.2, 0.25) is 0 Å².